The van der Waals surface area contributed by atoms with E-state index in [-0.39, 0.29) is 0 Å². The summed E-state index contributed by atoms with van der Waals surface area (Å²) in [4.78, 5) is 0. The van der Waals surface area contributed by atoms with E-state index in [4.69, 9.17) is 16.0 Å². The fourth-order valence-electron chi connectivity index (χ4n) is 1.39. The van der Waals surface area contributed by atoms with E-state index in [9.17, 15) is 0 Å². The van der Waals surface area contributed by atoms with Crippen molar-refractivity contribution in [2.75, 3.05) is 7.05 Å². The number of aromatic nitrogens is 2. The summed E-state index contributed by atoms with van der Waals surface area (Å²) in [5.74, 6) is 1.17. The second-order valence-electron chi connectivity index (χ2n) is 3.39. The van der Waals surface area contributed by atoms with Crippen molar-refractivity contribution < 1.29 is 4.42 Å². The Morgan fingerprint density at radius 2 is 2.00 bits per heavy atom. The first-order valence-corrected chi connectivity index (χ1v) is 5.36. The topological polar surface area (TPSA) is 51.0 Å². The van der Waals surface area contributed by atoms with E-state index in [1.807, 2.05) is 31.3 Å². The third-order valence-electron chi connectivity index (χ3n) is 2.14. The van der Waals surface area contributed by atoms with Crippen LogP contribution in [0.25, 0.3) is 0 Å². The van der Waals surface area contributed by atoms with Crippen LogP contribution in [-0.4, -0.2) is 17.2 Å². The number of nitrogens with one attached hydrogen (secondary N) is 1. The molecule has 1 N–H and O–H groups in total. The lowest BCUT2D eigenvalue weighted by Gasteiger charge is -1.99. The third kappa shape index (κ3) is 2.59. The molecule has 0 aliphatic carbocycles. The van der Waals surface area contributed by atoms with Gasteiger partial charge in [0.15, 0.2) is 0 Å². The summed E-state index contributed by atoms with van der Waals surface area (Å²) in [7, 11) is 1.83. The molecule has 0 radical (unpaired) electrons. The van der Waals surface area contributed by atoms with Crippen molar-refractivity contribution in [3.05, 3.63) is 46.6 Å². The monoisotopic (exact) mass is 237 g/mol. The van der Waals surface area contributed by atoms with Crippen LogP contribution in [0, 0.1) is 0 Å². The standard InChI is InChI=1S/C11H12ClN3O/c1-13-7-11-15-14-10(16-11)6-8-4-2-3-5-9(8)12/h2-5,13H,6-7H2,1H3. The molecule has 0 aliphatic heterocycles. The molecule has 0 spiro atoms. The molecule has 0 atom stereocenters. The minimum absolute atomic E-state index is 0.566. The van der Waals surface area contributed by atoms with Gasteiger partial charge in [-0.2, -0.15) is 0 Å². The average molecular weight is 238 g/mol. The van der Waals surface area contributed by atoms with Crippen molar-refractivity contribution >= 4 is 11.6 Å². The van der Waals surface area contributed by atoms with Gasteiger partial charge in [-0.1, -0.05) is 29.8 Å². The zero-order valence-corrected chi connectivity index (χ0v) is 9.66. The van der Waals surface area contributed by atoms with E-state index in [1.54, 1.807) is 0 Å². The molecule has 0 bridgehead atoms. The molecule has 2 rings (SSSR count). The minimum atomic E-state index is 0.566. The van der Waals surface area contributed by atoms with Gasteiger partial charge in [0.05, 0.1) is 13.0 Å². The Labute approximate surface area is 98.6 Å². The highest BCUT2D eigenvalue weighted by molar-refractivity contribution is 6.31. The van der Waals surface area contributed by atoms with Crippen molar-refractivity contribution in [2.24, 2.45) is 0 Å². The summed E-state index contributed by atoms with van der Waals surface area (Å²) >= 11 is 6.04. The number of rotatable bonds is 4. The first-order chi connectivity index (χ1) is 7.79. The van der Waals surface area contributed by atoms with Crippen LogP contribution < -0.4 is 5.32 Å². The van der Waals surface area contributed by atoms with Crippen LogP contribution in [0.5, 0.6) is 0 Å². The van der Waals surface area contributed by atoms with Gasteiger partial charge in [0.25, 0.3) is 0 Å². The molecular weight excluding hydrogens is 226 g/mol. The lowest BCUT2D eigenvalue weighted by Crippen LogP contribution is -2.04. The van der Waals surface area contributed by atoms with Crippen LogP contribution in [0.1, 0.15) is 17.3 Å². The highest BCUT2D eigenvalue weighted by atomic mass is 35.5. The highest BCUT2D eigenvalue weighted by Gasteiger charge is 2.07. The Morgan fingerprint density at radius 3 is 2.75 bits per heavy atom. The summed E-state index contributed by atoms with van der Waals surface area (Å²) in [5, 5.41) is 11.5. The largest absolute Gasteiger partial charge is 0.424 e. The lowest BCUT2D eigenvalue weighted by molar-refractivity contribution is 0.447. The van der Waals surface area contributed by atoms with Crippen LogP contribution >= 0.6 is 11.6 Å². The first-order valence-electron chi connectivity index (χ1n) is 4.99. The molecule has 1 aromatic carbocycles. The maximum Gasteiger partial charge on any atom is 0.230 e. The summed E-state index contributed by atoms with van der Waals surface area (Å²) in [5.41, 5.74) is 0.990. The highest BCUT2D eigenvalue weighted by Crippen LogP contribution is 2.18. The fourth-order valence-corrected chi connectivity index (χ4v) is 1.59. The zero-order chi connectivity index (χ0) is 11.4. The van der Waals surface area contributed by atoms with Gasteiger partial charge in [-0.05, 0) is 18.7 Å². The SMILES string of the molecule is CNCc1nnc(Cc2ccccc2Cl)o1. The number of hydrogen-bond acceptors (Lipinski definition) is 4. The number of benzene rings is 1. The second-order valence-corrected chi connectivity index (χ2v) is 3.80. The molecule has 84 valence electrons. The number of hydrogen-bond donors (Lipinski definition) is 1. The Morgan fingerprint density at radius 1 is 1.25 bits per heavy atom. The fraction of sp³-hybridized carbons (Fsp3) is 0.273. The molecule has 0 aliphatic rings. The molecule has 2 aromatic rings. The predicted molar refractivity (Wildman–Crippen MR) is 61.3 cm³/mol. The molecule has 0 saturated heterocycles. The molecule has 4 nitrogen and oxygen atoms in total. The summed E-state index contributed by atoms with van der Waals surface area (Å²) in [6, 6.07) is 7.63. The smallest absolute Gasteiger partial charge is 0.230 e. The van der Waals surface area contributed by atoms with Crippen molar-refractivity contribution in [2.45, 2.75) is 13.0 Å². The normalized spacial score (nSPS) is 10.6. The molecule has 16 heavy (non-hydrogen) atoms. The predicted octanol–water partition coefficient (Wildman–Crippen LogP) is 2.03. The van der Waals surface area contributed by atoms with Crippen molar-refractivity contribution in [3.8, 4) is 0 Å². The van der Waals surface area contributed by atoms with Crippen molar-refractivity contribution in [3.63, 3.8) is 0 Å². The molecule has 1 heterocycles. The van der Waals surface area contributed by atoms with Crippen LogP contribution in [0.4, 0.5) is 0 Å². The van der Waals surface area contributed by atoms with E-state index in [1.165, 1.54) is 0 Å². The Kier molecular flexibility index (Phi) is 3.54. The van der Waals surface area contributed by atoms with E-state index in [0.29, 0.717) is 24.7 Å². The second kappa shape index (κ2) is 5.09. The van der Waals surface area contributed by atoms with E-state index in [2.05, 4.69) is 15.5 Å². The van der Waals surface area contributed by atoms with Crippen molar-refractivity contribution in [1.82, 2.24) is 15.5 Å². The molecular formula is C11H12ClN3O. The van der Waals surface area contributed by atoms with E-state index >= 15 is 0 Å². The van der Waals surface area contributed by atoms with Gasteiger partial charge in [0.2, 0.25) is 11.8 Å². The van der Waals surface area contributed by atoms with Gasteiger partial charge in [0, 0.05) is 5.02 Å². The molecule has 1 aromatic heterocycles. The Hall–Kier alpha value is -1.39. The zero-order valence-electron chi connectivity index (χ0n) is 8.90. The van der Waals surface area contributed by atoms with Crippen LogP contribution in [0.3, 0.4) is 0 Å². The molecule has 0 amide bonds. The molecule has 5 heteroatoms. The van der Waals surface area contributed by atoms with Gasteiger partial charge in [0.1, 0.15) is 0 Å². The van der Waals surface area contributed by atoms with Gasteiger partial charge >= 0.3 is 0 Å². The van der Waals surface area contributed by atoms with Gasteiger partial charge in [-0.15, -0.1) is 10.2 Å². The maximum absolute atomic E-state index is 6.04. The van der Waals surface area contributed by atoms with E-state index < -0.39 is 0 Å². The Balaban J connectivity index is 2.11. The van der Waals surface area contributed by atoms with Crippen LogP contribution in [0.2, 0.25) is 5.02 Å². The molecule has 0 fully saturated rings. The van der Waals surface area contributed by atoms with Crippen molar-refractivity contribution in [1.29, 1.82) is 0 Å². The summed E-state index contributed by atoms with van der Waals surface area (Å²) in [6.45, 7) is 0.579. The quantitative estimate of drug-likeness (QED) is 0.884. The summed E-state index contributed by atoms with van der Waals surface area (Å²) in [6.07, 6.45) is 0.566. The lowest BCUT2D eigenvalue weighted by atomic mass is 10.1. The Bertz CT molecular complexity index is 470. The van der Waals surface area contributed by atoms with Crippen LogP contribution in [0.15, 0.2) is 28.7 Å². The van der Waals surface area contributed by atoms with Gasteiger partial charge < -0.3 is 9.73 Å². The molecule has 0 unspecified atom stereocenters. The maximum atomic E-state index is 6.04. The van der Waals surface area contributed by atoms with E-state index in [0.717, 1.165) is 10.6 Å². The molecule has 0 saturated carbocycles. The van der Waals surface area contributed by atoms with Crippen LogP contribution in [-0.2, 0) is 13.0 Å². The third-order valence-corrected chi connectivity index (χ3v) is 2.50. The minimum Gasteiger partial charge on any atom is -0.424 e. The summed E-state index contributed by atoms with van der Waals surface area (Å²) < 4.78 is 5.44. The van der Waals surface area contributed by atoms with Gasteiger partial charge in [-0.3, -0.25) is 0 Å². The average Bonchev–Trinajstić information content (AvgIpc) is 2.70. The van der Waals surface area contributed by atoms with Gasteiger partial charge in [-0.25, -0.2) is 0 Å². The number of halogens is 1. The first kappa shape index (κ1) is 11.1. The number of nitrogens with zero attached hydrogens (tertiary/aromatic N) is 2.